The van der Waals surface area contributed by atoms with Crippen LogP contribution in [-0.2, 0) is 11.3 Å². The molecule has 1 N–H and O–H groups in total. The number of aromatic nitrogens is 1. The van der Waals surface area contributed by atoms with Gasteiger partial charge in [-0.15, -0.1) is 11.3 Å². The number of ether oxygens (including phenoxy) is 1. The molecule has 0 bridgehead atoms. The van der Waals surface area contributed by atoms with Crippen LogP contribution in [0.5, 0.6) is 0 Å². The number of rotatable bonds is 6. The predicted octanol–water partition coefficient (Wildman–Crippen LogP) is 3.07. The van der Waals surface area contributed by atoms with Gasteiger partial charge in [-0.3, -0.25) is 0 Å². The Bertz CT molecular complexity index is 512. The summed E-state index contributed by atoms with van der Waals surface area (Å²) in [5, 5.41) is 6.27. The van der Waals surface area contributed by atoms with Crippen LogP contribution in [0.25, 0.3) is 10.6 Å². The van der Waals surface area contributed by atoms with Gasteiger partial charge in [-0.1, -0.05) is 0 Å². The topological polar surface area (TPSA) is 34.1 Å². The third-order valence-electron chi connectivity index (χ3n) is 2.69. The van der Waals surface area contributed by atoms with Crippen LogP contribution >= 0.6 is 11.3 Å². The highest BCUT2D eigenvalue weighted by Gasteiger charge is 2.06. The van der Waals surface area contributed by atoms with Crippen molar-refractivity contribution in [1.29, 1.82) is 0 Å². The molecule has 0 saturated heterocycles. The Kier molecular flexibility index (Phi) is 5.01. The Labute approximate surface area is 116 Å². The van der Waals surface area contributed by atoms with E-state index in [0.29, 0.717) is 19.2 Å². The van der Waals surface area contributed by atoms with Crippen LogP contribution in [0, 0.1) is 5.82 Å². The Morgan fingerprint density at radius 3 is 2.79 bits per heavy atom. The Balaban J connectivity index is 1.97. The molecule has 0 aliphatic rings. The highest BCUT2D eigenvalue weighted by atomic mass is 32.1. The van der Waals surface area contributed by atoms with Gasteiger partial charge in [-0.05, 0) is 31.2 Å². The summed E-state index contributed by atoms with van der Waals surface area (Å²) < 4.78 is 17.9. The van der Waals surface area contributed by atoms with Crippen molar-refractivity contribution >= 4 is 11.3 Å². The first-order valence-corrected chi connectivity index (χ1v) is 6.99. The average Bonchev–Trinajstić information content (AvgIpc) is 2.86. The van der Waals surface area contributed by atoms with Crippen LogP contribution in [0.1, 0.15) is 12.6 Å². The summed E-state index contributed by atoms with van der Waals surface area (Å²) in [5.41, 5.74) is 1.94. The summed E-state index contributed by atoms with van der Waals surface area (Å²) in [5.74, 6) is -0.226. The second-order valence-electron chi connectivity index (χ2n) is 4.39. The molecule has 102 valence electrons. The Morgan fingerprint density at radius 1 is 1.37 bits per heavy atom. The van der Waals surface area contributed by atoms with E-state index in [1.165, 1.54) is 12.1 Å². The zero-order valence-corrected chi connectivity index (χ0v) is 11.8. The molecule has 5 heteroatoms. The van der Waals surface area contributed by atoms with E-state index in [9.17, 15) is 4.39 Å². The molecule has 3 nitrogen and oxygen atoms in total. The molecule has 0 aliphatic carbocycles. The quantitative estimate of drug-likeness (QED) is 0.883. The molecule has 1 aromatic heterocycles. The minimum atomic E-state index is -0.226. The van der Waals surface area contributed by atoms with Gasteiger partial charge in [-0.25, -0.2) is 9.37 Å². The molecule has 2 rings (SSSR count). The van der Waals surface area contributed by atoms with E-state index in [-0.39, 0.29) is 5.82 Å². The van der Waals surface area contributed by atoms with Crippen LogP contribution in [0.3, 0.4) is 0 Å². The van der Waals surface area contributed by atoms with Crippen LogP contribution in [-0.4, -0.2) is 24.7 Å². The van der Waals surface area contributed by atoms with Crippen molar-refractivity contribution < 1.29 is 9.13 Å². The molecule has 1 aromatic carbocycles. The van der Waals surface area contributed by atoms with Crippen molar-refractivity contribution in [3.63, 3.8) is 0 Å². The predicted molar refractivity (Wildman–Crippen MR) is 75.7 cm³/mol. The first-order chi connectivity index (χ1) is 9.19. The van der Waals surface area contributed by atoms with E-state index < -0.39 is 0 Å². The molecule has 0 spiro atoms. The van der Waals surface area contributed by atoms with E-state index in [0.717, 1.165) is 16.3 Å². The molecule has 0 saturated carbocycles. The number of hydrogen-bond acceptors (Lipinski definition) is 4. The zero-order valence-electron chi connectivity index (χ0n) is 11.0. The normalized spacial score (nSPS) is 12.6. The van der Waals surface area contributed by atoms with Crippen molar-refractivity contribution in [2.75, 3.05) is 13.7 Å². The summed E-state index contributed by atoms with van der Waals surface area (Å²) in [6, 6.07) is 6.70. The molecule has 1 atom stereocenters. The molecule has 0 radical (unpaired) electrons. The molecule has 1 heterocycles. The van der Waals surface area contributed by atoms with Crippen LogP contribution in [0.4, 0.5) is 4.39 Å². The number of benzene rings is 1. The van der Waals surface area contributed by atoms with Gasteiger partial charge in [-0.2, -0.15) is 0 Å². The number of methoxy groups -OCH3 is 1. The lowest BCUT2D eigenvalue weighted by Crippen LogP contribution is -2.29. The highest BCUT2D eigenvalue weighted by molar-refractivity contribution is 7.13. The molecule has 0 amide bonds. The van der Waals surface area contributed by atoms with Crippen molar-refractivity contribution in [2.24, 2.45) is 0 Å². The van der Waals surface area contributed by atoms with Gasteiger partial charge >= 0.3 is 0 Å². The second kappa shape index (κ2) is 6.75. The fourth-order valence-electron chi connectivity index (χ4n) is 1.70. The highest BCUT2D eigenvalue weighted by Crippen LogP contribution is 2.23. The van der Waals surface area contributed by atoms with Crippen LogP contribution in [0.2, 0.25) is 0 Å². The van der Waals surface area contributed by atoms with E-state index in [1.807, 2.05) is 5.38 Å². The summed E-state index contributed by atoms with van der Waals surface area (Å²) in [4.78, 5) is 4.54. The van der Waals surface area contributed by atoms with E-state index in [4.69, 9.17) is 4.74 Å². The third-order valence-corrected chi connectivity index (χ3v) is 3.63. The lowest BCUT2D eigenvalue weighted by Gasteiger charge is -2.10. The van der Waals surface area contributed by atoms with Crippen molar-refractivity contribution in [3.05, 3.63) is 41.2 Å². The van der Waals surface area contributed by atoms with Gasteiger partial charge in [0, 0.05) is 30.6 Å². The summed E-state index contributed by atoms with van der Waals surface area (Å²) in [7, 11) is 1.69. The lowest BCUT2D eigenvalue weighted by molar-refractivity contribution is 0.171. The molecule has 1 unspecified atom stereocenters. The first-order valence-electron chi connectivity index (χ1n) is 6.11. The second-order valence-corrected chi connectivity index (χ2v) is 5.25. The van der Waals surface area contributed by atoms with E-state index in [1.54, 1.807) is 30.6 Å². The van der Waals surface area contributed by atoms with Crippen molar-refractivity contribution in [1.82, 2.24) is 10.3 Å². The van der Waals surface area contributed by atoms with E-state index >= 15 is 0 Å². The Morgan fingerprint density at radius 2 is 2.11 bits per heavy atom. The number of thiazole rings is 1. The largest absolute Gasteiger partial charge is 0.383 e. The maximum Gasteiger partial charge on any atom is 0.123 e. The van der Waals surface area contributed by atoms with Gasteiger partial charge in [0.15, 0.2) is 0 Å². The van der Waals surface area contributed by atoms with Crippen molar-refractivity contribution in [2.45, 2.75) is 19.5 Å². The number of hydrogen-bond donors (Lipinski definition) is 1. The minimum Gasteiger partial charge on any atom is -0.383 e. The molecule has 2 aromatic rings. The third kappa shape index (κ3) is 4.09. The summed E-state index contributed by atoms with van der Waals surface area (Å²) in [6.45, 7) is 3.45. The maximum absolute atomic E-state index is 12.9. The standard InChI is InChI=1S/C14H17FN2OS/c1-10(8-18-2)16-7-13-9-19-14(17-13)11-3-5-12(15)6-4-11/h3-6,9-10,16H,7-8H2,1-2H3. The smallest absolute Gasteiger partial charge is 0.123 e. The molecule has 0 aliphatic heterocycles. The SMILES string of the molecule is COCC(C)NCc1csc(-c2ccc(F)cc2)n1. The minimum absolute atomic E-state index is 0.226. The van der Waals surface area contributed by atoms with Gasteiger partial charge in [0.25, 0.3) is 0 Å². The molecule has 0 fully saturated rings. The maximum atomic E-state index is 12.9. The first kappa shape index (κ1) is 14.1. The summed E-state index contributed by atoms with van der Waals surface area (Å²) >= 11 is 1.57. The van der Waals surface area contributed by atoms with Gasteiger partial charge in [0.05, 0.1) is 12.3 Å². The molecular weight excluding hydrogens is 263 g/mol. The van der Waals surface area contributed by atoms with Crippen LogP contribution < -0.4 is 5.32 Å². The fourth-order valence-corrected chi connectivity index (χ4v) is 2.53. The lowest BCUT2D eigenvalue weighted by atomic mass is 10.2. The number of nitrogens with one attached hydrogen (secondary N) is 1. The summed E-state index contributed by atoms with van der Waals surface area (Å²) in [6.07, 6.45) is 0. The molecule has 19 heavy (non-hydrogen) atoms. The van der Waals surface area contributed by atoms with Gasteiger partial charge < -0.3 is 10.1 Å². The van der Waals surface area contributed by atoms with Crippen molar-refractivity contribution in [3.8, 4) is 10.6 Å². The van der Waals surface area contributed by atoms with Gasteiger partial charge in [0.1, 0.15) is 10.8 Å². The number of nitrogens with zero attached hydrogens (tertiary/aromatic N) is 1. The molecular formula is C14H17FN2OS. The van der Waals surface area contributed by atoms with Crippen LogP contribution in [0.15, 0.2) is 29.6 Å². The fraction of sp³-hybridized carbons (Fsp3) is 0.357. The zero-order chi connectivity index (χ0) is 13.7. The monoisotopic (exact) mass is 280 g/mol. The Hall–Kier alpha value is -1.30. The average molecular weight is 280 g/mol. The number of halogens is 1. The van der Waals surface area contributed by atoms with E-state index in [2.05, 4.69) is 17.2 Å². The van der Waals surface area contributed by atoms with Gasteiger partial charge in [0.2, 0.25) is 0 Å².